The smallest absolute Gasteiger partial charge is 0.333 e. The zero-order valence-electron chi connectivity index (χ0n) is 8.94. The number of carbonyl (C=O) groups excluding carboxylic acids is 1. The van der Waals surface area contributed by atoms with Gasteiger partial charge in [0.15, 0.2) is 0 Å². The van der Waals surface area contributed by atoms with Crippen molar-refractivity contribution < 1.29 is 18.0 Å². The van der Waals surface area contributed by atoms with E-state index in [1.165, 1.54) is 0 Å². The molecule has 92 valence electrons. The number of hydrogen-bond acceptors (Lipinski definition) is 2. The predicted octanol–water partition coefficient (Wildman–Crippen LogP) is 1.15. The van der Waals surface area contributed by atoms with E-state index in [1.54, 1.807) is 0 Å². The number of piperidine rings is 1. The molecule has 0 unspecified atom stereocenters. The normalized spacial score (nSPS) is 25.4. The molecule has 2 heterocycles. The minimum absolute atomic E-state index is 0.201. The molecule has 1 amide bonds. The molecule has 0 aliphatic carbocycles. The Bertz CT molecular complexity index is 284. The summed E-state index contributed by atoms with van der Waals surface area (Å²) in [5.41, 5.74) is -0.201. The first-order valence-corrected chi connectivity index (χ1v) is 5.46. The van der Waals surface area contributed by atoms with Crippen molar-refractivity contribution in [1.29, 1.82) is 0 Å². The summed E-state index contributed by atoms with van der Waals surface area (Å²) in [7, 11) is 0. The number of nitrogens with one attached hydrogen (secondary N) is 1. The molecule has 6 heteroatoms. The van der Waals surface area contributed by atoms with Crippen molar-refractivity contribution in [3.63, 3.8) is 0 Å². The molecular formula is C10H15F3N2O. The molecule has 0 aromatic carbocycles. The molecule has 0 saturated carbocycles. The minimum Gasteiger partial charge on any atom is -0.333 e. The molecule has 2 aliphatic heterocycles. The van der Waals surface area contributed by atoms with Crippen molar-refractivity contribution in [1.82, 2.24) is 10.2 Å². The Hall–Kier alpha value is -0.780. The van der Waals surface area contributed by atoms with Crippen LogP contribution in [0.25, 0.3) is 0 Å². The molecule has 0 radical (unpaired) electrons. The van der Waals surface area contributed by atoms with Gasteiger partial charge in [-0.1, -0.05) is 0 Å². The Kier molecular flexibility index (Phi) is 2.86. The van der Waals surface area contributed by atoms with Crippen LogP contribution in [-0.2, 0) is 4.79 Å². The minimum atomic E-state index is -4.28. The van der Waals surface area contributed by atoms with Crippen molar-refractivity contribution in [2.45, 2.75) is 25.4 Å². The Morgan fingerprint density at radius 3 is 2.50 bits per heavy atom. The molecule has 2 saturated heterocycles. The van der Waals surface area contributed by atoms with Crippen LogP contribution in [0, 0.1) is 5.41 Å². The standard InChI is InChI=1S/C10H15F3N2O/c11-10(12,13)7-15-6-9(5-8(15)16)1-3-14-4-2-9/h14H,1-7H2. The largest absolute Gasteiger partial charge is 0.406 e. The van der Waals surface area contributed by atoms with E-state index >= 15 is 0 Å². The monoisotopic (exact) mass is 236 g/mol. The van der Waals surface area contributed by atoms with Gasteiger partial charge >= 0.3 is 6.18 Å². The number of alkyl halides is 3. The van der Waals surface area contributed by atoms with Gasteiger partial charge in [-0.15, -0.1) is 0 Å². The lowest BCUT2D eigenvalue weighted by Crippen LogP contribution is -2.40. The van der Waals surface area contributed by atoms with Gasteiger partial charge < -0.3 is 10.2 Å². The maximum absolute atomic E-state index is 12.2. The molecule has 1 N–H and O–H groups in total. The first-order chi connectivity index (χ1) is 7.40. The van der Waals surface area contributed by atoms with Gasteiger partial charge in [0, 0.05) is 13.0 Å². The van der Waals surface area contributed by atoms with Gasteiger partial charge in [-0.05, 0) is 31.3 Å². The lowest BCUT2D eigenvalue weighted by Gasteiger charge is -2.33. The van der Waals surface area contributed by atoms with E-state index < -0.39 is 12.7 Å². The molecule has 16 heavy (non-hydrogen) atoms. The summed E-state index contributed by atoms with van der Waals surface area (Å²) in [6.45, 7) is 0.772. The van der Waals surface area contributed by atoms with Crippen LogP contribution in [0.15, 0.2) is 0 Å². The van der Waals surface area contributed by atoms with E-state index in [0.29, 0.717) is 0 Å². The fourth-order valence-electron chi connectivity index (χ4n) is 2.63. The number of halogens is 3. The third-order valence-electron chi connectivity index (χ3n) is 3.44. The Morgan fingerprint density at radius 2 is 1.94 bits per heavy atom. The summed E-state index contributed by atoms with van der Waals surface area (Å²) in [6.07, 6.45) is -2.40. The fourth-order valence-corrected chi connectivity index (χ4v) is 2.63. The zero-order chi connectivity index (χ0) is 11.8. The van der Waals surface area contributed by atoms with Crippen molar-refractivity contribution in [2.24, 2.45) is 5.41 Å². The summed E-state index contributed by atoms with van der Waals surface area (Å²) in [4.78, 5) is 12.5. The number of hydrogen-bond donors (Lipinski definition) is 1. The van der Waals surface area contributed by atoms with Crippen LogP contribution in [0.5, 0.6) is 0 Å². The van der Waals surface area contributed by atoms with E-state index in [-0.39, 0.29) is 24.3 Å². The van der Waals surface area contributed by atoms with Crippen LogP contribution in [0.3, 0.4) is 0 Å². The second-order valence-electron chi connectivity index (χ2n) is 4.79. The lowest BCUT2D eigenvalue weighted by atomic mass is 9.78. The number of amides is 1. The van der Waals surface area contributed by atoms with Crippen LogP contribution in [0.2, 0.25) is 0 Å². The first-order valence-electron chi connectivity index (χ1n) is 5.46. The SMILES string of the molecule is O=C1CC2(CCNCC2)CN1CC(F)(F)F. The van der Waals surface area contributed by atoms with Crippen molar-refractivity contribution in [3.8, 4) is 0 Å². The van der Waals surface area contributed by atoms with Crippen LogP contribution in [-0.4, -0.2) is 43.2 Å². The van der Waals surface area contributed by atoms with Crippen LogP contribution in [0.1, 0.15) is 19.3 Å². The highest BCUT2D eigenvalue weighted by atomic mass is 19.4. The second kappa shape index (κ2) is 3.91. The highest BCUT2D eigenvalue weighted by Gasteiger charge is 2.46. The van der Waals surface area contributed by atoms with Crippen LogP contribution >= 0.6 is 0 Å². The van der Waals surface area contributed by atoms with E-state index in [9.17, 15) is 18.0 Å². The first kappa shape index (κ1) is 11.7. The third-order valence-corrected chi connectivity index (χ3v) is 3.44. The Morgan fingerprint density at radius 1 is 1.31 bits per heavy atom. The van der Waals surface area contributed by atoms with E-state index in [0.717, 1.165) is 30.8 Å². The summed E-state index contributed by atoms with van der Waals surface area (Å²) in [6, 6.07) is 0. The Balaban J connectivity index is 2.00. The van der Waals surface area contributed by atoms with Crippen molar-refractivity contribution in [3.05, 3.63) is 0 Å². The lowest BCUT2D eigenvalue weighted by molar-refractivity contribution is -0.157. The van der Waals surface area contributed by atoms with Gasteiger partial charge in [0.2, 0.25) is 5.91 Å². The number of rotatable bonds is 1. The maximum atomic E-state index is 12.2. The molecule has 2 aliphatic rings. The van der Waals surface area contributed by atoms with E-state index in [1.807, 2.05) is 0 Å². The van der Waals surface area contributed by atoms with Crippen LogP contribution < -0.4 is 5.32 Å². The fraction of sp³-hybridized carbons (Fsp3) is 0.900. The van der Waals surface area contributed by atoms with E-state index in [4.69, 9.17) is 0 Å². The number of carbonyl (C=O) groups is 1. The highest BCUT2D eigenvalue weighted by Crippen LogP contribution is 2.40. The average Bonchev–Trinajstić information content (AvgIpc) is 2.41. The van der Waals surface area contributed by atoms with Crippen LogP contribution in [0.4, 0.5) is 13.2 Å². The number of likely N-dealkylation sites (tertiary alicyclic amines) is 1. The van der Waals surface area contributed by atoms with Crippen molar-refractivity contribution in [2.75, 3.05) is 26.2 Å². The molecule has 1 spiro atoms. The van der Waals surface area contributed by atoms with Gasteiger partial charge in [0.1, 0.15) is 6.54 Å². The molecule has 0 aromatic rings. The van der Waals surface area contributed by atoms with Gasteiger partial charge in [-0.3, -0.25) is 4.79 Å². The molecule has 0 atom stereocenters. The Labute approximate surface area is 92.0 Å². The zero-order valence-corrected chi connectivity index (χ0v) is 8.94. The quantitative estimate of drug-likeness (QED) is 0.740. The van der Waals surface area contributed by atoms with Gasteiger partial charge in [-0.2, -0.15) is 13.2 Å². The highest BCUT2D eigenvalue weighted by molar-refractivity contribution is 5.79. The second-order valence-corrected chi connectivity index (χ2v) is 4.79. The van der Waals surface area contributed by atoms with Crippen molar-refractivity contribution >= 4 is 5.91 Å². The molecule has 0 aromatic heterocycles. The molecule has 0 bridgehead atoms. The molecule has 2 fully saturated rings. The van der Waals surface area contributed by atoms with Gasteiger partial charge in [0.25, 0.3) is 0 Å². The van der Waals surface area contributed by atoms with Gasteiger partial charge in [0.05, 0.1) is 0 Å². The maximum Gasteiger partial charge on any atom is 0.406 e. The topological polar surface area (TPSA) is 32.3 Å². The molecule has 3 nitrogen and oxygen atoms in total. The summed E-state index contributed by atoms with van der Waals surface area (Å²) >= 11 is 0. The summed E-state index contributed by atoms with van der Waals surface area (Å²) < 4.78 is 36.7. The number of nitrogens with zero attached hydrogens (tertiary/aromatic N) is 1. The predicted molar refractivity (Wildman–Crippen MR) is 51.8 cm³/mol. The van der Waals surface area contributed by atoms with E-state index in [2.05, 4.69) is 5.32 Å². The summed E-state index contributed by atoms with van der Waals surface area (Å²) in [5, 5.41) is 3.16. The average molecular weight is 236 g/mol. The molecule has 2 rings (SSSR count). The van der Waals surface area contributed by atoms with Gasteiger partial charge in [-0.25, -0.2) is 0 Å². The summed E-state index contributed by atoms with van der Waals surface area (Å²) in [5.74, 6) is -0.348. The third kappa shape index (κ3) is 2.48. The molecular weight excluding hydrogens is 221 g/mol.